The van der Waals surface area contributed by atoms with E-state index in [9.17, 15) is 5.11 Å². The second kappa shape index (κ2) is 8.50. The average molecular weight is 406 g/mol. The Morgan fingerprint density at radius 3 is 1.52 bits per heavy atom. The average Bonchev–Trinajstić information content (AvgIpc) is 3.40. The molecule has 2 nitrogen and oxygen atoms in total. The van der Waals surface area contributed by atoms with E-state index in [2.05, 4.69) is 90.2 Å². The van der Waals surface area contributed by atoms with Crippen LogP contribution in [-0.2, 0) is 5.60 Å². The Kier molecular flexibility index (Phi) is 5.42. The van der Waals surface area contributed by atoms with E-state index in [4.69, 9.17) is 0 Å². The van der Waals surface area contributed by atoms with Crippen LogP contribution in [0.15, 0.2) is 109 Å². The number of nitrogens with one attached hydrogen (secondary N) is 1. The summed E-state index contributed by atoms with van der Waals surface area (Å²) < 4.78 is 0. The molecular weight excluding hydrogens is 378 g/mol. The molecule has 1 aliphatic rings. The monoisotopic (exact) mass is 405 g/mol. The fourth-order valence-corrected chi connectivity index (χ4v) is 4.93. The van der Waals surface area contributed by atoms with Crippen molar-refractivity contribution in [2.75, 3.05) is 6.54 Å². The highest BCUT2D eigenvalue weighted by Crippen LogP contribution is 2.44. The van der Waals surface area contributed by atoms with Crippen LogP contribution in [0.25, 0.3) is 22.3 Å². The lowest BCUT2D eigenvalue weighted by Crippen LogP contribution is -2.46. The summed E-state index contributed by atoms with van der Waals surface area (Å²) in [6, 6.07) is 37.3. The molecule has 1 atom stereocenters. The van der Waals surface area contributed by atoms with Crippen LogP contribution in [0.2, 0.25) is 0 Å². The molecule has 1 heterocycles. The maximum atomic E-state index is 12.7. The van der Waals surface area contributed by atoms with Crippen LogP contribution >= 0.6 is 0 Å². The van der Waals surface area contributed by atoms with Gasteiger partial charge in [-0.3, -0.25) is 0 Å². The van der Waals surface area contributed by atoms with Crippen LogP contribution < -0.4 is 5.32 Å². The van der Waals surface area contributed by atoms with E-state index < -0.39 is 5.60 Å². The maximum Gasteiger partial charge on any atom is 0.131 e. The van der Waals surface area contributed by atoms with E-state index in [0.29, 0.717) is 0 Å². The van der Waals surface area contributed by atoms with Crippen molar-refractivity contribution >= 4 is 0 Å². The molecule has 2 N–H and O–H groups in total. The maximum absolute atomic E-state index is 12.7. The minimum Gasteiger partial charge on any atom is -0.379 e. The molecule has 1 aliphatic heterocycles. The number of rotatable bonds is 5. The highest BCUT2D eigenvalue weighted by atomic mass is 16.3. The van der Waals surface area contributed by atoms with Gasteiger partial charge in [-0.25, -0.2) is 0 Å². The number of hydrogen-bond acceptors (Lipinski definition) is 2. The zero-order valence-corrected chi connectivity index (χ0v) is 17.5. The molecule has 31 heavy (non-hydrogen) atoms. The standard InChI is InChI=1S/C29H27NO/c31-29(28-20-11-21-30-28,26-18-9-7-16-24(26)22-12-3-1-4-13-22)27-19-10-8-17-25(27)23-14-5-2-6-15-23/h1-10,12-19,28,30-31H,11,20-21H2. The molecule has 2 heteroatoms. The van der Waals surface area contributed by atoms with Gasteiger partial charge in [0.15, 0.2) is 0 Å². The largest absolute Gasteiger partial charge is 0.379 e. The molecule has 1 saturated heterocycles. The van der Waals surface area contributed by atoms with Crippen molar-refractivity contribution in [3.63, 3.8) is 0 Å². The van der Waals surface area contributed by atoms with E-state index in [1.165, 1.54) is 0 Å². The molecule has 0 saturated carbocycles. The van der Waals surface area contributed by atoms with Crippen LogP contribution in [0.5, 0.6) is 0 Å². The van der Waals surface area contributed by atoms with E-state index >= 15 is 0 Å². The van der Waals surface area contributed by atoms with Gasteiger partial charge in [0.2, 0.25) is 0 Å². The van der Waals surface area contributed by atoms with E-state index in [1.807, 2.05) is 24.3 Å². The first-order chi connectivity index (χ1) is 15.3. The van der Waals surface area contributed by atoms with Crippen molar-refractivity contribution in [1.29, 1.82) is 0 Å². The van der Waals surface area contributed by atoms with Crippen molar-refractivity contribution in [2.45, 2.75) is 24.5 Å². The quantitative estimate of drug-likeness (QED) is 0.426. The van der Waals surface area contributed by atoms with Crippen LogP contribution in [0, 0.1) is 0 Å². The van der Waals surface area contributed by atoms with Crippen molar-refractivity contribution in [1.82, 2.24) is 5.32 Å². The first kappa shape index (κ1) is 19.7. The summed E-state index contributed by atoms with van der Waals surface area (Å²) in [7, 11) is 0. The van der Waals surface area contributed by atoms with E-state index in [1.54, 1.807) is 0 Å². The molecule has 0 aliphatic carbocycles. The molecule has 154 valence electrons. The molecule has 4 aromatic rings. The van der Waals surface area contributed by atoms with Gasteiger partial charge in [0.05, 0.1) is 0 Å². The normalized spacial score (nSPS) is 16.4. The third kappa shape index (κ3) is 3.59. The van der Waals surface area contributed by atoms with Crippen molar-refractivity contribution in [3.05, 3.63) is 120 Å². The minimum atomic E-state index is -1.16. The molecule has 0 bridgehead atoms. The Hall–Kier alpha value is -3.20. The van der Waals surface area contributed by atoms with Crippen LogP contribution in [0.3, 0.4) is 0 Å². The van der Waals surface area contributed by atoms with Gasteiger partial charge in [-0.05, 0) is 52.8 Å². The number of aliphatic hydroxyl groups is 1. The molecule has 0 spiro atoms. The summed E-state index contributed by atoms with van der Waals surface area (Å²) in [5, 5.41) is 16.3. The fraction of sp³-hybridized carbons (Fsp3) is 0.172. The van der Waals surface area contributed by atoms with E-state index in [0.717, 1.165) is 52.8 Å². The van der Waals surface area contributed by atoms with Gasteiger partial charge in [0, 0.05) is 6.04 Å². The summed E-state index contributed by atoms with van der Waals surface area (Å²) in [5.74, 6) is 0. The fourth-order valence-electron chi connectivity index (χ4n) is 4.93. The Morgan fingerprint density at radius 1 is 0.613 bits per heavy atom. The van der Waals surface area contributed by atoms with Gasteiger partial charge in [0.25, 0.3) is 0 Å². The predicted octanol–water partition coefficient (Wildman–Crippen LogP) is 6.01. The third-order valence-electron chi connectivity index (χ3n) is 6.41. The second-order valence-electron chi connectivity index (χ2n) is 8.24. The highest BCUT2D eigenvalue weighted by Gasteiger charge is 2.44. The second-order valence-corrected chi connectivity index (χ2v) is 8.24. The first-order valence-corrected chi connectivity index (χ1v) is 11.0. The van der Waals surface area contributed by atoms with Crippen LogP contribution in [0.1, 0.15) is 24.0 Å². The highest BCUT2D eigenvalue weighted by molar-refractivity contribution is 5.74. The van der Waals surface area contributed by atoms with Crippen LogP contribution in [-0.4, -0.2) is 17.7 Å². The summed E-state index contributed by atoms with van der Waals surface area (Å²) >= 11 is 0. The summed E-state index contributed by atoms with van der Waals surface area (Å²) in [6.45, 7) is 0.925. The van der Waals surface area contributed by atoms with Gasteiger partial charge in [-0.1, -0.05) is 109 Å². The minimum absolute atomic E-state index is 0.0535. The molecule has 1 fully saturated rings. The Balaban J connectivity index is 1.77. The first-order valence-electron chi connectivity index (χ1n) is 11.0. The Bertz CT molecular complexity index is 1060. The van der Waals surface area contributed by atoms with Gasteiger partial charge < -0.3 is 10.4 Å². The molecule has 5 rings (SSSR count). The van der Waals surface area contributed by atoms with E-state index in [-0.39, 0.29) is 6.04 Å². The van der Waals surface area contributed by atoms with Crippen molar-refractivity contribution in [2.24, 2.45) is 0 Å². The predicted molar refractivity (Wildman–Crippen MR) is 128 cm³/mol. The molecule has 4 aromatic carbocycles. The van der Waals surface area contributed by atoms with Gasteiger partial charge in [-0.15, -0.1) is 0 Å². The summed E-state index contributed by atoms with van der Waals surface area (Å²) in [4.78, 5) is 0. The molecule has 1 unspecified atom stereocenters. The van der Waals surface area contributed by atoms with Crippen LogP contribution in [0.4, 0.5) is 0 Å². The molecule has 0 amide bonds. The lowest BCUT2D eigenvalue weighted by atomic mass is 9.74. The zero-order valence-electron chi connectivity index (χ0n) is 17.5. The Labute approximate surface area is 184 Å². The smallest absolute Gasteiger partial charge is 0.131 e. The zero-order chi connectivity index (χ0) is 21.1. The molecule has 0 radical (unpaired) electrons. The lowest BCUT2D eigenvalue weighted by Gasteiger charge is -2.38. The topological polar surface area (TPSA) is 32.3 Å². The third-order valence-corrected chi connectivity index (χ3v) is 6.41. The van der Waals surface area contributed by atoms with Gasteiger partial charge in [-0.2, -0.15) is 0 Å². The molecule has 0 aromatic heterocycles. The summed E-state index contributed by atoms with van der Waals surface area (Å²) in [6.07, 6.45) is 2.00. The SMILES string of the molecule is OC(c1ccccc1-c1ccccc1)(c1ccccc1-c1ccccc1)C1CCCN1. The van der Waals surface area contributed by atoms with Crippen molar-refractivity contribution in [3.8, 4) is 22.3 Å². The number of benzene rings is 4. The van der Waals surface area contributed by atoms with Crippen molar-refractivity contribution < 1.29 is 5.11 Å². The van der Waals surface area contributed by atoms with Gasteiger partial charge in [0.1, 0.15) is 5.60 Å². The summed E-state index contributed by atoms with van der Waals surface area (Å²) in [5.41, 5.74) is 5.12. The lowest BCUT2D eigenvalue weighted by molar-refractivity contribution is 0.0453. The van der Waals surface area contributed by atoms with Gasteiger partial charge >= 0.3 is 0 Å². The number of hydrogen-bond donors (Lipinski definition) is 2. The Morgan fingerprint density at radius 2 is 1.06 bits per heavy atom. The molecular formula is C29H27NO.